The molecule has 31 heavy (non-hydrogen) atoms. The number of furan rings is 1. The summed E-state index contributed by atoms with van der Waals surface area (Å²) in [5, 5.41) is 0. The molecule has 7 nitrogen and oxygen atoms in total. The lowest BCUT2D eigenvalue weighted by Gasteiger charge is -2.28. The number of amides is 1. The number of carbonyl (C=O) groups excluding carboxylic acids is 1. The van der Waals surface area contributed by atoms with E-state index >= 15 is 0 Å². The minimum Gasteiger partial charge on any atom is -0.468 e. The Morgan fingerprint density at radius 3 is 2.77 bits per heavy atom. The van der Waals surface area contributed by atoms with E-state index < -0.39 is 5.41 Å². The quantitative estimate of drug-likeness (QED) is 0.612. The number of pyridine rings is 1. The summed E-state index contributed by atoms with van der Waals surface area (Å²) in [4.78, 5) is 27.0. The highest BCUT2D eigenvalue weighted by Crippen LogP contribution is 2.50. The van der Waals surface area contributed by atoms with Crippen LogP contribution in [0.1, 0.15) is 49.2 Å². The molecule has 2 atom stereocenters. The molecule has 7 heteroatoms. The van der Waals surface area contributed by atoms with E-state index in [-0.39, 0.29) is 11.8 Å². The Labute approximate surface area is 182 Å². The van der Waals surface area contributed by atoms with Gasteiger partial charge in [-0.2, -0.15) is 0 Å². The normalized spacial score (nSPS) is 24.2. The molecule has 1 amide bonds. The first-order chi connectivity index (χ1) is 15.0. The second-order valence-electron chi connectivity index (χ2n) is 9.13. The third kappa shape index (κ3) is 3.67. The number of likely N-dealkylation sites (tertiary alicyclic amines) is 2. The molecule has 1 spiro atoms. The summed E-state index contributed by atoms with van der Waals surface area (Å²) >= 11 is 0. The molecule has 0 aromatic carbocycles. The molecule has 5 heterocycles. The standard InChI is InChI=1S/C24H29N5O2/c1-18(2)29-15-22(26-17-29)21-14-27(13-20-4-3-11-31-20)16-24(21)7-10-28(23(24)30)12-19-5-8-25-9-6-19/h3-6,8-9,11,15,17-18,21H,7,10,12-14,16H2,1-2H3/t21-,24+/m0/s1. The van der Waals surface area contributed by atoms with Gasteiger partial charge < -0.3 is 13.9 Å². The van der Waals surface area contributed by atoms with Gasteiger partial charge in [0.2, 0.25) is 5.91 Å². The SMILES string of the molecule is CC(C)n1cnc([C@@H]2CN(Cc3ccco3)C[C@]23CCN(Cc2ccncc2)C3=O)c1. The van der Waals surface area contributed by atoms with Crippen LogP contribution in [0.5, 0.6) is 0 Å². The smallest absolute Gasteiger partial charge is 0.231 e. The molecule has 162 valence electrons. The monoisotopic (exact) mass is 419 g/mol. The third-order valence-corrected chi connectivity index (χ3v) is 6.81. The Bertz CT molecular complexity index is 1030. The minimum absolute atomic E-state index is 0.0809. The molecule has 0 bridgehead atoms. The van der Waals surface area contributed by atoms with E-state index in [0.29, 0.717) is 19.1 Å². The van der Waals surface area contributed by atoms with Gasteiger partial charge in [-0.1, -0.05) is 0 Å². The van der Waals surface area contributed by atoms with Crippen LogP contribution >= 0.6 is 0 Å². The van der Waals surface area contributed by atoms with Crippen LogP contribution in [-0.4, -0.2) is 49.9 Å². The zero-order chi connectivity index (χ0) is 21.4. The van der Waals surface area contributed by atoms with Gasteiger partial charge in [0.25, 0.3) is 0 Å². The highest BCUT2D eigenvalue weighted by atomic mass is 16.3. The lowest BCUT2D eigenvalue weighted by molar-refractivity contribution is -0.136. The lowest BCUT2D eigenvalue weighted by atomic mass is 9.75. The van der Waals surface area contributed by atoms with E-state index in [1.165, 1.54) is 0 Å². The summed E-state index contributed by atoms with van der Waals surface area (Å²) < 4.78 is 7.72. The minimum atomic E-state index is -0.435. The number of aromatic nitrogens is 3. The summed E-state index contributed by atoms with van der Waals surface area (Å²) in [6.45, 7) is 7.97. The number of hydrogen-bond donors (Lipinski definition) is 0. The fourth-order valence-electron chi connectivity index (χ4n) is 5.13. The Kier molecular flexibility index (Phi) is 5.14. The van der Waals surface area contributed by atoms with Gasteiger partial charge in [-0.05, 0) is 50.1 Å². The van der Waals surface area contributed by atoms with E-state index in [2.05, 4.69) is 34.5 Å². The summed E-state index contributed by atoms with van der Waals surface area (Å²) in [7, 11) is 0. The van der Waals surface area contributed by atoms with E-state index in [0.717, 1.165) is 43.1 Å². The summed E-state index contributed by atoms with van der Waals surface area (Å²) in [6.07, 6.45) is 10.2. The fourth-order valence-corrected chi connectivity index (χ4v) is 5.13. The zero-order valence-electron chi connectivity index (χ0n) is 18.1. The van der Waals surface area contributed by atoms with Gasteiger partial charge in [0.15, 0.2) is 0 Å². The number of nitrogens with zero attached hydrogens (tertiary/aromatic N) is 5. The van der Waals surface area contributed by atoms with Crippen molar-refractivity contribution in [3.8, 4) is 0 Å². The van der Waals surface area contributed by atoms with Crippen LogP contribution in [0.15, 0.2) is 59.9 Å². The molecule has 2 aliphatic heterocycles. The van der Waals surface area contributed by atoms with Crippen molar-refractivity contribution in [1.82, 2.24) is 24.3 Å². The number of hydrogen-bond acceptors (Lipinski definition) is 5. The Balaban J connectivity index is 1.43. The van der Waals surface area contributed by atoms with Crippen molar-refractivity contribution in [1.29, 1.82) is 0 Å². The maximum Gasteiger partial charge on any atom is 0.231 e. The molecule has 2 fully saturated rings. The predicted octanol–water partition coefficient (Wildman–Crippen LogP) is 3.47. The topological polar surface area (TPSA) is 67.4 Å². The van der Waals surface area contributed by atoms with Crippen molar-refractivity contribution < 1.29 is 9.21 Å². The van der Waals surface area contributed by atoms with Gasteiger partial charge in [-0.25, -0.2) is 4.98 Å². The molecule has 3 aromatic rings. The largest absolute Gasteiger partial charge is 0.468 e. The van der Waals surface area contributed by atoms with Crippen LogP contribution in [0.25, 0.3) is 0 Å². The highest BCUT2D eigenvalue weighted by molar-refractivity contribution is 5.86. The molecular weight excluding hydrogens is 390 g/mol. The highest BCUT2D eigenvalue weighted by Gasteiger charge is 2.57. The average Bonchev–Trinajstić information content (AvgIpc) is 3.55. The molecule has 0 N–H and O–H groups in total. The van der Waals surface area contributed by atoms with Gasteiger partial charge in [-0.3, -0.25) is 14.7 Å². The second-order valence-corrected chi connectivity index (χ2v) is 9.13. The molecule has 2 aliphatic rings. The van der Waals surface area contributed by atoms with Gasteiger partial charge in [0.05, 0.1) is 30.2 Å². The number of imidazole rings is 1. The number of rotatable bonds is 6. The van der Waals surface area contributed by atoms with Crippen molar-refractivity contribution in [3.05, 3.63) is 72.5 Å². The van der Waals surface area contributed by atoms with Crippen molar-refractivity contribution in [3.63, 3.8) is 0 Å². The van der Waals surface area contributed by atoms with Crippen LogP contribution in [0.2, 0.25) is 0 Å². The summed E-state index contributed by atoms with van der Waals surface area (Å²) in [5.74, 6) is 1.26. The summed E-state index contributed by atoms with van der Waals surface area (Å²) in [6, 6.07) is 8.23. The van der Waals surface area contributed by atoms with Crippen LogP contribution in [0.4, 0.5) is 0 Å². The van der Waals surface area contributed by atoms with Gasteiger partial charge in [0, 0.05) is 56.7 Å². The van der Waals surface area contributed by atoms with E-state index in [4.69, 9.17) is 9.40 Å². The van der Waals surface area contributed by atoms with E-state index in [1.54, 1.807) is 18.7 Å². The first kappa shape index (κ1) is 20.0. The van der Waals surface area contributed by atoms with Crippen molar-refractivity contribution in [2.75, 3.05) is 19.6 Å². The average molecular weight is 420 g/mol. The first-order valence-corrected chi connectivity index (χ1v) is 11.0. The van der Waals surface area contributed by atoms with Gasteiger partial charge in [0.1, 0.15) is 5.76 Å². The van der Waals surface area contributed by atoms with Gasteiger partial charge >= 0.3 is 0 Å². The summed E-state index contributed by atoms with van der Waals surface area (Å²) in [5.41, 5.74) is 1.71. The van der Waals surface area contributed by atoms with Crippen LogP contribution in [-0.2, 0) is 17.9 Å². The van der Waals surface area contributed by atoms with Crippen LogP contribution in [0, 0.1) is 5.41 Å². The Morgan fingerprint density at radius 1 is 1.23 bits per heavy atom. The Morgan fingerprint density at radius 2 is 2.06 bits per heavy atom. The maximum absolute atomic E-state index is 13.8. The lowest BCUT2D eigenvalue weighted by Crippen LogP contribution is -2.39. The van der Waals surface area contributed by atoms with Crippen LogP contribution in [0.3, 0.4) is 0 Å². The van der Waals surface area contributed by atoms with Gasteiger partial charge in [-0.15, -0.1) is 0 Å². The van der Waals surface area contributed by atoms with Crippen LogP contribution < -0.4 is 0 Å². The van der Waals surface area contributed by atoms with E-state index in [1.807, 2.05) is 35.5 Å². The second kappa shape index (κ2) is 7.96. The molecule has 0 aliphatic carbocycles. The molecule has 0 radical (unpaired) electrons. The first-order valence-electron chi connectivity index (χ1n) is 11.0. The van der Waals surface area contributed by atoms with Crippen molar-refractivity contribution >= 4 is 5.91 Å². The molecule has 0 saturated carbocycles. The van der Waals surface area contributed by atoms with E-state index in [9.17, 15) is 4.79 Å². The Hall–Kier alpha value is -2.93. The van der Waals surface area contributed by atoms with Crippen molar-refractivity contribution in [2.24, 2.45) is 5.41 Å². The molecule has 2 saturated heterocycles. The molecular formula is C24H29N5O2. The molecule has 3 aromatic heterocycles. The third-order valence-electron chi connectivity index (χ3n) is 6.81. The predicted molar refractivity (Wildman–Crippen MR) is 116 cm³/mol. The molecule has 5 rings (SSSR count). The van der Waals surface area contributed by atoms with Crippen molar-refractivity contribution in [2.45, 2.75) is 45.3 Å². The zero-order valence-corrected chi connectivity index (χ0v) is 18.1. The molecule has 0 unspecified atom stereocenters. The number of carbonyl (C=O) groups is 1. The maximum atomic E-state index is 13.8. The fraction of sp³-hybridized carbons (Fsp3) is 0.458.